The Morgan fingerprint density at radius 1 is 0.910 bits per heavy atom. The lowest BCUT2D eigenvalue weighted by molar-refractivity contribution is -0.142. The molecule has 7 atom stereocenters. The van der Waals surface area contributed by atoms with Crippen molar-refractivity contribution in [1.82, 2.24) is 50.7 Å². The van der Waals surface area contributed by atoms with Crippen LogP contribution in [0.2, 0.25) is 10.0 Å². The summed E-state index contributed by atoms with van der Waals surface area (Å²) in [6.45, 7) is 6.89. The fourth-order valence-electron chi connectivity index (χ4n) is 10.9. The highest BCUT2D eigenvalue weighted by atomic mass is 35.5. The van der Waals surface area contributed by atoms with Crippen molar-refractivity contribution in [2.45, 2.75) is 82.6 Å². The van der Waals surface area contributed by atoms with Crippen LogP contribution in [0.5, 0.6) is 11.8 Å². The number of methoxy groups -OCH3 is 1. The topological polar surface area (TPSA) is 218 Å². The summed E-state index contributed by atoms with van der Waals surface area (Å²) in [5.41, 5.74) is 6.01. The van der Waals surface area contributed by atoms with E-state index in [0.717, 1.165) is 29.7 Å². The number of carbonyl (C=O) groups excluding carboxylic acids is 2. The summed E-state index contributed by atoms with van der Waals surface area (Å²) in [7, 11) is 1.60. The summed E-state index contributed by atoms with van der Waals surface area (Å²) in [4.78, 5) is 42.0. The van der Waals surface area contributed by atoms with Crippen LogP contribution >= 0.6 is 23.2 Å². The number of benzene rings is 5. The summed E-state index contributed by atoms with van der Waals surface area (Å²) in [6.07, 6.45) is 3.03. The molecule has 5 aromatic carbocycles. The van der Waals surface area contributed by atoms with Gasteiger partial charge in [-0.1, -0.05) is 121 Å². The third-order valence-electron chi connectivity index (χ3n) is 15.0. The van der Waals surface area contributed by atoms with E-state index in [2.05, 4.69) is 36.0 Å². The number of hydrogen-bond donors (Lipinski definition) is 5. The van der Waals surface area contributed by atoms with E-state index in [9.17, 15) is 19.8 Å². The van der Waals surface area contributed by atoms with E-state index in [1.807, 2.05) is 99.6 Å². The lowest BCUT2D eigenvalue weighted by Gasteiger charge is -2.30. The SMILES string of the molecule is CO[C@@H](C)COc1nc(N2C[C@@H]3C[C@H]2CN3)c2cc(Cl)c(-c3c(Cl)c(F)cc4[nH]ncc34)c(OCc3ccc(-c4cn([C@H](C(=O)N5C[C@H](O)C[C@H]5C(=O)N[C@@H](CO)c5ccc(-c6ccccc6)cc5)C(C)C)nn4)cc3)c2n1. The monoisotopic (exact) mass is 1100 g/mol. The van der Waals surface area contributed by atoms with E-state index in [4.69, 9.17) is 47.4 Å². The number of H-pyrrole nitrogens is 1. The molecule has 0 saturated carbocycles. The molecule has 11 rings (SSSR count). The van der Waals surface area contributed by atoms with E-state index in [-0.39, 0.29) is 84.3 Å². The number of aromatic amines is 1. The number of β-amino-alcohol motifs (C(OH)–C–C–N with tert-alkyl or cyclic N) is 1. The summed E-state index contributed by atoms with van der Waals surface area (Å²) in [5.74, 6) is -1.00. The lowest BCUT2D eigenvalue weighted by atomic mass is 9.98. The fourth-order valence-corrected chi connectivity index (χ4v) is 11.4. The number of hydrogen-bond acceptors (Lipinski definition) is 14. The molecule has 3 fully saturated rings. The van der Waals surface area contributed by atoms with E-state index < -0.39 is 41.9 Å². The molecule has 3 aromatic heterocycles. The van der Waals surface area contributed by atoms with E-state index in [1.165, 1.54) is 15.6 Å². The Kier molecular flexibility index (Phi) is 15.0. The van der Waals surface area contributed by atoms with Gasteiger partial charge in [-0.2, -0.15) is 15.1 Å². The molecule has 21 heteroatoms. The maximum Gasteiger partial charge on any atom is 0.319 e. The van der Waals surface area contributed by atoms with Gasteiger partial charge in [0, 0.05) is 78.8 Å². The van der Waals surface area contributed by atoms with Crippen LogP contribution in [0.1, 0.15) is 56.8 Å². The van der Waals surface area contributed by atoms with Gasteiger partial charge < -0.3 is 44.9 Å². The molecular formula is C57H58Cl2FN11O7. The number of aliphatic hydroxyl groups excluding tert-OH is 2. The smallest absolute Gasteiger partial charge is 0.319 e. The highest BCUT2D eigenvalue weighted by molar-refractivity contribution is 6.39. The number of piperazine rings is 1. The summed E-state index contributed by atoms with van der Waals surface area (Å²) in [6, 6.07) is 25.9. The van der Waals surface area contributed by atoms with Crippen molar-refractivity contribution >= 4 is 62.6 Å². The van der Waals surface area contributed by atoms with Crippen LogP contribution in [0.4, 0.5) is 10.2 Å². The maximum absolute atomic E-state index is 15.7. The third kappa shape index (κ3) is 10.3. The number of nitrogens with zero attached hydrogens (tertiary/aromatic N) is 8. The number of aromatic nitrogens is 7. The van der Waals surface area contributed by atoms with Gasteiger partial charge in [0.1, 0.15) is 48.1 Å². The largest absolute Gasteiger partial charge is 0.486 e. The molecule has 0 aliphatic carbocycles. The number of ether oxygens (including phenoxy) is 3. The van der Waals surface area contributed by atoms with Crippen LogP contribution in [-0.2, 0) is 20.9 Å². The molecule has 78 heavy (non-hydrogen) atoms. The number of amides is 2. The van der Waals surface area contributed by atoms with Gasteiger partial charge in [0.2, 0.25) is 11.8 Å². The van der Waals surface area contributed by atoms with Crippen LogP contribution in [0.3, 0.4) is 0 Å². The predicted octanol–water partition coefficient (Wildman–Crippen LogP) is 8.10. The number of rotatable bonds is 18. The van der Waals surface area contributed by atoms with Gasteiger partial charge in [-0.3, -0.25) is 14.7 Å². The Balaban J connectivity index is 0.855. The Labute approximate surface area is 458 Å². The number of carbonyl (C=O) groups is 2. The van der Waals surface area contributed by atoms with Crippen molar-refractivity contribution in [3.05, 3.63) is 130 Å². The minimum atomic E-state index is -0.991. The zero-order chi connectivity index (χ0) is 54.4. The maximum atomic E-state index is 15.7. The molecule has 8 aromatic rings. The molecule has 6 heterocycles. The third-order valence-corrected chi connectivity index (χ3v) is 15.7. The van der Waals surface area contributed by atoms with Gasteiger partial charge >= 0.3 is 6.01 Å². The van der Waals surface area contributed by atoms with Gasteiger partial charge in [0.15, 0.2) is 5.75 Å². The van der Waals surface area contributed by atoms with E-state index in [1.54, 1.807) is 25.6 Å². The predicted molar refractivity (Wildman–Crippen MR) is 294 cm³/mol. The molecule has 2 bridgehead atoms. The molecule has 0 spiro atoms. The molecule has 3 aliphatic heterocycles. The van der Waals surface area contributed by atoms with E-state index >= 15 is 4.39 Å². The molecule has 18 nitrogen and oxygen atoms in total. The first-order valence-electron chi connectivity index (χ1n) is 26.0. The van der Waals surface area contributed by atoms with Crippen molar-refractivity contribution in [3.8, 4) is 45.3 Å². The van der Waals surface area contributed by atoms with Crippen LogP contribution in [0.25, 0.3) is 55.3 Å². The Morgan fingerprint density at radius 3 is 2.37 bits per heavy atom. The molecule has 404 valence electrons. The Morgan fingerprint density at radius 2 is 1.67 bits per heavy atom. The highest BCUT2D eigenvalue weighted by Crippen LogP contribution is 2.50. The zero-order valence-electron chi connectivity index (χ0n) is 43.2. The van der Waals surface area contributed by atoms with Gasteiger partial charge in [-0.15, -0.1) is 5.10 Å². The Bertz CT molecular complexity index is 3500. The van der Waals surface area contributed by atoms with Crippen LogP contribution < -0.4 is 25.0 Å². The summed E-state index contributed by atoms with van der Waals surface area (Å²) < 4.78 is 35.7. The fraction of sp³-hybridized carbons (Fsp3) is 0.351. The molecule has 3 aliphatic rings. The average Bonchev–Trinajstić information content (AvgIpc) is 4.47. The van der Waals surface area contributed by atoms with Gasteiger partial charge in [0.25, 0.3) is 0 Å². The normalized spacial score (nSPS) is 19.3. The second-order valence-corrected chi connectivity index (χ2v) is 21.3. The first kappa shape index (κ1) is 52.8. The van der Waals surface area contributed by atoms with Gasteiger partial charge in [-0.05, 0) is 47.6 Å². The van der Waals surface area contributed by atoms with E-state index in [0.29, 0.717) is 56.6 Å². The quantitative estimate of drug-likeness (QED) is 0.0549. The highest BCUT2D eigenvalue weighted by Gasteiger charge is 2.44. The molecule has 3 saturated heterocycles. The molecule has 0 unspecified atom stereocenters. The van der Waals surface area contributed by atoms with Gasteiger partial charge in [-0.25, -0.2) is 9.07 Å². The number of likely N-dealkylation sites (tertiary alicyclic amines) is 1. The number of fused-ring (bicyclic) bond motifs is 4. The van der Waals surface area contributed by atoms with Crippen molar-refractivity contribution in [2.75, 3.05) is 44.9 Å². The van der Waals surface area contributed by atoms with Crippen molar-refractivity contribution in [2.24, 2.45) is 5.92 Å². The second kappa shape index (κ2) is 22.2. The second-order valence-electron chi connectivity index (χ2n) is 20.6. The van der Waals surface area contributed by atoms with Crippen LogP contribution in [0.15, 0.2) is 103 Å². The van der Waals surface area contributed by atoms with Crippen LogP contribution in [-0.4, -0.2) is 132 Å². The molecule has 2 amide bonds. The number of anilines is 1. The minimum Gasteiger partial charge on any atom is -0.486 e. The first-order valence-corrected chi connectivity index (χ1v) is 26.7. The summed E-state index contributed by atoms with van der Waals surface area (Å²) in [5, 5.41) is 44.9. The van der Waals surface area contributed by atoms with Gasteiger partial charge in [0.05, 0.1) is 52.8 Å². The average molecular weight is 1100 g/mol. The Hall–Kier alpha value is -7.26. The standard InChI is InChI=1S/C57H58Cl2FN11O7/c1-30(2)52(56(75)70-25-39(73)19-47(70)55(74)63-46(27-72)36-16-14-34(15-17-36)33-8-6-5-7-9-33)71-26-45(67-68-71)35-12-10-32(11-13-35)29-77-53-49(48-41-23-62-66-44(41)21-43(60)50(48)59)42(58)20-40-51(53)64-57(78-28-31(3)76-4)65-54(40)69-24-37-18-38(69)22-61-37/h5-17,20-21,23,26,30-31,37-39,46-47,52,61,72-73H,18-19,22,24-25,27-29H2,1-4H3,(H,62,66)(H,63,74)/t31-,37-,38-,39+,46-,47-,52-/m0/s1. The van der Waals surface area contributed by atoms with Crippen molar-refractivity contribution < 1.29 is 38.4 Å². The first-order chi connectivity index (χ1) is 37.8. The van der Waals surface area contributed by atoms with Crippen molar-refractivity contribution in [3.63, 3.8) is 0 Å². The molecule has 5 N–H and O–H groups in total. The van der Waals surface area contributed by atoms with Crippen LogP contribution in [0, 0.1) is 11.7 Å². The molecular weight excluding hydrogens is 1040 g/mol. The number of nitrogens with one attached hydrogen (secondary N) is 3. The minimum absolute atomic E-state index is 0.00535. The molecule has 0 radical (unpaired) electrons. The lowest BCUT2D eigenvalue weighted by Crippen LogP contribution is -2.50. The number of halogens is 3. The number of aliphatic hydroxyl groups is 2. The zero-order valence-corrected chi connectivity index (χ0v) is 44.7. The van der Waals surface area contributed by atoms with Crippen molar-refractivity contribution in [1.29, 1.82) is 0 Å². The summed E-state index contributed by atoms with van der Waals surface area (Å²) >= 11 is 14.2.